The lowest BCUT2D eigenvalue weighted by atomic mass is 10.2. The van der Waals surface area contributed by atoms with Gasteiger partial charge in [0, 0.05) is 19.7 Å². The van der Waals surface area contributed by atoms with E-state index in [1.54, 1.807) is 11.2 Å². The Kier molecular flexibility index (Phi) is 3.98. The number of para-hydroxylation sites is 1. The molecular weight excluding hydrogens is 176 g/mol. The third-order valence-electron chi connectivity index (χ3n) is 1.65. The Morgan fingerprint density at radius 3 is 2.71 bits per heavy atom. The summed E-state index contributed by atoms with van der Waals surface area (Å²) in [6.45, 7) is 2.65. The fourth-order valence-electron chi connectivity index (χ4n) is 1.05. The van der Waals surface area contributed by atoms with Crippen molar-refractivity contribution in [3.8, 4) is 5.75 Å². The van der Waals surface area contributed by atoms with Crippen molar-refractivity contribution in [3.05, 3.63) is 29.8 Å². The predicted molar refractivity (Wildman–Crippen MR) is 58.9 cm³/mol. The number of nitrogens with zero attached hydrogens (tertiary/aromatic N) is 2. The summed E-state index contributed by atoms with van der Waals surface area (Å²) in [5, 5.41) is 5.92. The first kappa shape index (κ1) is 10.6. The Morgan fingerprint density at radius 1 is 1.36 bits per heavy atom. The van der Waals surface area contributed by atoms with Crippen molar-refractivity contribution in [2.24, 2.45) is 5.10 Å². The molecule has 3 nitrogen and oxygen atoms in total. The molecule has 0 aliphatic heterocycles. The fraction of sp³-hybridized carbons (Fsp3) is 0.364. The molecule has 76 valence electrons. The van der Waals surface area contributed by atoms with Crippen molar-refractivity contribution in [1.29, 1.82) is 0 Å². The van der Waals surface area contributed by atoms with Gasteiger partial charge in [-0.15, -0.1) is 0 Å². The minimum atomic E-state index is 0.673. The molecule has 0 saturated carbocycles. The normalized spacial score (nSPS) is 10.5. The zero-order valence-electron chi connectivity index (χ0n) is 8.90. The lowest BCUT2D eigenvalue weighted by molar-refractivity contribution is 0.339. The van der Waals surface area contributed by atoms with Crippen molar-refractivity contribution >= 4 is 6.21 Å². The Hall–Kier alpha value is -1.51. The predicted octanol–water partition coefficient (Wildman–Crippen LogP) is 1.98. The molecule has 0 spiro atoms. The van der Waals surface area contributed by atoms with E-state index in [2.05, 4.69) is 5.10 Å². The third kappa shape index (κ3) is 3.09. The monoisotopic (exact) mass is 192 g/mol. The molecule has 0 saturated heterocycles. The van der Waals surface area contributed by atoms with Gasteiger partial charge >= 0.3 is 0 Å². The standard InChI is InChI=1S/C11H16N2O/c1-4-14-11-8-6-5-7-10(11)9-12-13(2)3/h5-9H,4H2,1-3H3. The minimum absolute atomic E-state index is 0.673. The number of hydrogen-bond donors (Lipinski definition) is 0. The summed E-state index contributed by atoms with van der Waals surface area (Å²) in [6, 6.07) is 7.86. The summed E-state index contributed by atoms with van der Waals surface area (Å²) in [5.74, 6) is 0.876. The summed E-state index contributed by atoms with van der Waals surface area (Å²) in [5.41, 5.74) is 1.00. The van der Waals surface area contributed by atoms with E-state index in [1.165, 1.54) is 0 Å². The maximum atomic E-state index is 5.46. The van der Waals surface area contributed by atoms with Crippen LogP contribution in [0.2, 0.25) is 0 Å². The second kappa shape index (κ2) is 5.27. The van der Waals surface area contributed by atoms with Gasteiger partial charge in [0.05, 0.1) is 12.8 Å². The maximum absolute atomic E-state index is 5.46. The summed E-state index contributed by atoms with van der Waals surface area (Å²) < 4.78 is 5.46. The van der Waals surface area contributed by atoms with Crippen molar-refractivity contribution < 1.29 is 4.74 Å². The Balaban J connectivity index is 2.84. The van der Waals surface area contributed by atoms with E-state index < -0.39 is 0 Å². The molecule has 0 heterocycles. The first-order valence-corrected chi connectivity index (χ1v) is 4.67. The van der Waals surface area contributed by atoms with Gasteiger partial charge in [-0.2, -0.15) is 5.10 Å². The molecule has 0 aliphatic rings. The highest BCUT2D eigenvalue weighted by atomic mass is 16.5. The Labute approximate surface area is 85.0 Å². The van der Waals surface area contributed by atoms with Crippen LogP contribution >= 0.6 is 0 Å². The van der Waals surface area contributed by atoms with Crippen LogP contribution < -0.4 is 4.74 Å². The highest BCUT2D eigenvalue weighted by molar-refractivity contribution is 5.83. The first-order chi connectivity index (χ1) is 6.74. The minimum Gasteiger partial charge on any atom is -0.493 e. The molecule has 0 unspecified atom stereocenters. The highest BCUT2D eigenvalue weighted by Gasteiger charge is 1.98. The van der Waals surface area contributed by atoms with Crippen LogP contribution in [0, 0.1) is 0 Å². The average Bonchev–Trinajstić information content (AvgIpc) is 2.17. The van der Waals surface area contributed by atoms with Crippen molar-refractivity contribution in [3.63, 3.8) is 0 Å². The van der Waals surface area contributed by atoms with Crippen LogP contribution in [0.15, 0.2) is 29.4 Å². The Bertz CT molecular complexity index is 308. The quantitative estimate of drug-likeness (QED) is 0.538. The zero-order valence-corrected chi connectivity index (χ0v) is 8.90. The molecule has 0 N–H and O–H groups in total. The molecule has 0 aliphatic carbocycles. The third-order valence-corrected chi connectivity index (χ3v) is 1.65. The molecule has 1 aromatic rings. The van der Waals surface area contributed by atoms with Crippen molar-refractivity contribution in [2.45, 2.75) is 6.92 Å². The number of hydrogen-bond acceptors (Lipinski definition) is 3. The average molecular weight is 192 g/mol. The van der Waals surface area contributed by atoms with Gasteiger partial charge in [0.25, 0.3) is 0 Å². The van der Waals surface area contributed by atoms with E-state index in [0.717, 1.165) is 11.3 Å². The van der Waals surface area contributed by atoms with Crippen molar-refractivity contribution in [2.75, 3.05) is 20.7 Å². The Morgan fingerprint density at radius 2 is 2.07 bits per heavy atom. The van der Waals surface area contributed by atoms with Gasteiger partial charge < -0.3 is 9.75 Å². The molecular formula is C11H16N2O. The lowest BCUT2D eigenvalue weighted by Crippen LogP contribution is -2.03. The van der Waals surface area contributed by atoms with E-state index in [0.29, 0.717) is 6.61 Å². The van der Waals surface area contributed by atoms with Gasteiger partial charge in [0.15, 0.2) is 0 Å². The van der Waals surface area contributed by atoms with Gasteiger partial charge in [-0.1, -0.05) is 12.1 Å². The van der Waals surface area contributed by atoms with Gasteiger partial charge in [-0.25, -0.2) is 0 Å². The second-order valence-electron chi connectivity index (χ2n) is 3.06. The van der Waals surface area contributed by atoms with Crippen LogP contribution in [0.1, 0.15) is 12.5 Å². The SMILES string of the molecule is CCOc1ccccc1C=NN(C)C. The van der Waals surface area contributed by atoms with Crippen molar-refractivity contribution in [1.82, 2.24) is 5.01 Å². The largest absolute Gasteiger partial charge is 0.493 e. The summed E-state index contributed by atoms with van der Waals surface area (Å²) in [4.78, 5) is 0. The number of benzene rings is 1. The summed E-state index contributed by atoms with van der Waals surface area (Å²) in [7, 11) is 3.78. The lowest BCUT2D eigenvalue weighted by Gasteiger charge is -2.07. The molecule has 14 heavy (non-hydrogen) atoms. The zero-order chi connectivity index (χ0) is 10.4. The van der Waals surface area contributed by atoms with Crippen LogP contribution in [-0.4, -0.2) is 31.9 Å². The van der Waals surface area contributed by atoms with Gasteiger partial charge in [0.1, 0.15) is 5.75 Å². The molecule has 3 heteroatoms. The van der Waals surface area contributed by atoms with Crippen LogP contribution in [0.3, 0.4) is 0 Å². The smallest absolute Gasteiger partial charge is 0.128 e. The van der Waals surface area contributed by atoms with Gasteiger partial charge in [-0.3, -0.25) is 0 Å². The molecule has 1 rings (SSSR count). The van der Waals surface area contributed by atoms with E-state index in [4.69, 9.17) is 4.74 Å². The van der Waals surface area contributed by atoms with Gasteiger partial charge in [-0.05, 0) is 19.1 Å². The molecule has 0 radical (unpaired) electrons. The molecule has 0 fully saturated rings. The highest BCUT2D eigenvalue weighted by Crippen LogP contribution is 2.15. The fourth-order valence-corrected chi connectivity index (χ4v) is 1.05. The second-order valence-corrected chi connectivity index (χ2v) is 3.06. The molecule has 0 amide bonds. The van der Waals surface area contributed by atoms with Gasteiger partial charge in [0.2, 0.25) is 0 Å². The maximum Gasteiger partial charge on any atom is 0.128 e. The summed E-state index contributed by atoms with van der Waals surface area (Å²) in [6.07, 6.45) is 1.80. The molecule has 0 aromatic heterocycles. The summed E-state index contributed by atoms with van der Waals surface area (Å²) >= 11 is 0. The number of hydrazone groups is 1. The number of rotatable bonds is 4. The van der Waals surface area contributed by atoms with Crippen LogP contribution in [0.5, 0.6) is 5.75 Å². The van der Waals surface area contributed by atoms with Crippen LogP contribution in [-0.2, 0) is 0 Å². The molecule has 0 atom stereocenters. The van der Waals surface area contributed by atoms with Crippen LogP contribution in [0.25, 0.3) is 0 Å². The van der Waals surface area contributed by atoms with E-state index in [9.17, 15) is 0 Å². The first-order valence-electron chi connectivity index (χ1n) is 4.67. The van der Waals surface area contributed by atoms with E-state index >= 15 is 0 Å². The molecule has 0 bridgehead atoms. The number of ether oxygens (including phenoxy) is 1. The molecule has 1 aromatic carbocycles. The van der Waals surface area contributed by atoms with Crippen LogP contribution in [0.4, 0.5) is 0 Å². The van der Waals surface area contributed by atoms with E-state index in [1.807, 2.05) is 45.3 Å². The topological polar surface area (TPSA) is 24.8 Å². The van der Waals surface area contributed by atoms with E-state index in [-0.39, 0.29) is 0 Å².